The molecular weight excluding hydrogens is 252 g/mol. The number of aromatic nitrogens is 3. The predicted molar refractivity (Wildman–Crippen MR) is 67.0 cm³/mol. The molecule has 18 heavy (non-hydrogen) atoms. The number of imidazole rings is 1. The summed E-state index contributed by atoms with van der Waals surface area (Å²) in [5.74, 6) is -0.260. The van der Waals surface area contributed by atoms with Crippen LogP contribution in [-0.2, 0) is 17.6 Å². The Hall–Kier alpha value is -1.89. The molecule has 7 heteroatoms. The summed E-state index contributed by atoms with van der Waals surface area (Å²) in [7, 11) is 1.30. The fourth-order valence-electron chi connectivity index (χ4n) is 2.04. The third-order valence-electron chi connectivity index (χ3n) is 2.97. The van der Waals surface area contributed by atoms with E-state index in [9.17, 15) is 4.79 Å². The highest BCUT2D eigenvalue weighted by Gasteiger charge is 2.21. The quantitative estimate of drug-likeness (QED) is 0.824. The zero-order chi connectivity index (χ0) is 12.7. The fourth-order valence-corrected chi connectivity index (χ4v) is 3.18. The van der Waals surface area contributed by atoms with Gasteiger partial charge in [-0.15, -0.1) is 11.3 Å². The zero-order valence-corrected chi connectivity index (χ0v) is 10.7. The van der Waals surface area contributed by atoms with E-state index in [0.29, 0.717) is 0 Å². The average Bonchev–Trinajstić information content (AvgIpc) is 3.00. The van der Waals surface area contributed by atoms with Gasteiger partial charge in [-0.05, 0) is 19.3 Å². The first-order chi connectivity index (χ1) is 8.70. The second-order valence-corrected chi connectivity index (χ2v) is 5.12. The molecule has 1 aliphatic rings. The van der Waals surface area contributed by atoms with E-state index in [2.05, 4.69) is 14.7 Å². The van der Waals surface area contributed by atoms with Crippen molar-refractivity contribution in [1.29, 1.82) is 0 Å². The van der Waals surface area contributed by atoms with Gasteiger partial charge in [-0.25, -0.2) is 14.8 Å². The van der Waals surface area contributed by atoms with Gasteiger partial charge in [-0.2, -0.15) is 0 Å². The molecule has 2 N–H and O–H groups in total. The minimum atomic E-state index is -0.532. The van der Waals surface area contributed by atoms with E-state index in [1.807, 2.05) is 0 Å². The number of carbonyl (C=O) groups is 1. The van der Waals surface area contributed by atoms with Gasteiger partial charge in [0.25, 0.3) is 0 Å². The van der Waals surface area contributed by atoms with Crippen molar-refractivity contribution >= 4 is 23.1 Å². The standard InChI is InChI=1S/C11H12N4O2S/c1-17-10(16)8-9(12)15(5-13-8)11-14-6-3-2-4-7(6)18-11/h5H,2-4,12H2,1H3. The number of hydrogen-bond acceptors (Lipinski definition) is 6. The molecule has 0 saturated heterocycles. The van der Waals surface area contributed by atoms with E-state index in [0.717, 1.165) is 23.7 Å². The minimum Gasteiger partial charge on any atom is -0.464 e. The number of ether oxygens (including phenoxy) is 1. The first kappa shape index (κ1) is 11.2. The van der Waals surface area contributed by atoms with Crippen LogP contribution in [0.4, 0.5) is 5.82 Å². The number of aryl methyl sites for hydroxylation is 2. The molecule has 2 aromatic rings. The number of rotatable bonds is 2. The van der Waals surface area contributed by atoms with E-state index >= 15 is 0 Å². The Morgan fingerprint density at radius 1 is 1.56 bits per heavy atom. The summed E-state index contributed by atoms with van der Waals surface area (Å²) >= 11 is 1.60. The second kappa shape index (κ2) is 4.09. The lowest BCUT2D eigenvalue weighted by molar-refractivity contribution is 0.0596. The number of thiazole rings is 1. The number of hydrogen-bond donors (Lipinski definition) is 1. The van der Waals surface area contributed by atoms with Crippen LogP contribution in [0, 0.1) is 0 Å². The Morgan fingerprint density at radius 2 is 2.39 bits per heavy atom. The van der Waals surface area contributed by atoms with Crippen molar-refractivity contribution in [1.82, 2.24) is 14.5 Å². The highest BCUT2D eigenvalue weighted by Crippen LogP contribution is 2.31. The van der Waals surface area contributed by atoms with Gasteiger partial charge in [0.15, 0.2) is 10.8 Å². The first-order valence-corrected chi connectivity index (χ1v) is 6.42. The van der Waals surface area contributed by atoms with Crippen molar-refractivity contribution in [3.8, 4) is 5.13 Å². The van der Waals surface area contributed by atoms with Gasteiger partial charge in [0.1, 0.15) is 12.1 Å². The number of nitrogens with zero attached hydrogens (tertiary/aromatic N) is 3. The maximum atomic E-state index is 11.4. The summed E-state index contributed by atoms with van der Waals surface area (Å²) in [5, 5.41) is 0.764. The maximum Gasteiger partial charge on any atom is 0.360 e. The van der Waals surface area contributed by atoms with Crippen LogP contribution in [0.1, 0.15) is 27.5 Å². The number of nitrogen functional groups attached to an aromatic ring is 1. The largest absolute Gasteiger partial charge is 0.464 e. The van der Waals surface area contributed by atoms with Crippen molar-refractivity contribution in [2.75, 3.05) is 12.8 Å². The highest BCUT2D eigenvalue weighted by atomic mass is 32.1. The Kier molecular flexibility index (Phi) is 2.55. The molecule has 6 nitrogen and oxygen atoms in total. The molecule has 0 saturated carbocycles. The lowest BCUT2D eigenvalue weighted by Gasteiger charge is -2.00. The highest BCUT2D eigenvalue weighted by molar-refractivity contribution is 7.14. The van der Waals surface area contributed by atoms with E-state index in [1.165, 1.54) is 24.7 Å². The van der Waals surface area contributed by atoms with Crippen LogP contribution in [0.3, 0.4) is 0 Å². The topological polar surface area (TPSA) is 83.0 Å². The molecular formula is C11H12N4O2S. The molecule has 0 unspecified atom stereocenters. The van der Waals surface area contributed by atoms with E-state index in [4.69, 9.17) is 5.73 Å². The zero-order valence-electron chi connectivity index (χ0n) is 9.84. The van der Waals surface area contributed by atoms with Crippen molar-refractivity contribution < 1.29 is 9.53 Å². The van der Waals surface area contributed by atoms with Crippen LogP contribution in [0.2, 0.25) is 0 Å². The van der Waals surface area contributed by atoms with E-state index in [-0.39, 0.29) is 11.5 Å². The lowest BCUT2D eigenvalue weighted by atomic mass is 10.4. The summed E-state index contributed by atoms with van der Waals surface area (Å²) in [6.45, 7) is 0. The van der Waals surface area contributed by atoms with Gasteiger partial charge in [-0.1, -0.05) is 0 Å². The average molecular weight is 264 g/mol. The van der Waals surface area contributed by atoms with Crippen molar-refractivity contribution in [3.05, 3.63) is 22.6 Å². The number of fused-ring (bicyclic) bond motifs is 1. The third kappa shape index (κ3) is 1.59. The number of nitrogens with two attached hydrogens (primary N) is 1. The maximum absolute atomic E-state index is 11.4. The van der Waals surface area contributed by atoms with Gasteiger partial charge >= 0.3 is 5.97 Å². The summed E-state index contributed by atoms with van der Waals surface area (Å²) in [4.78, 5) is 21.2. The van der Waals surface area contributed by atoms with Crippen molar-refractivity contribution in [3.63, 3.8) is 0 Å². The van der Waals surface area contributed by atoms with Crippen molar-refractivity contribution in [2.24, 2.45) is 0 Å². The van der Waals surface area contributed by atoms with Crippen LogP contribution in [0.25, 0.3) is 5.13 Å². The van der Waals surface area contributed by atoms with Crippen molar-refractivity contribution in [2.45, 2.75) is 19.3 Å². The molecule has 2 heterocycles. The number of anilines is 1. The summed E-state index contributed by atoms with van der Waals surface area (Å²) < 4.78 is 6.25. The molecule has 0 aliphatic heterocycles. The molecule has 3 rings (SSSR count). The molecule has 0 bridgehead atoms. The van der Waals surface area contributed by atoms with Crippen LogP contribution in [0.15, 0.2) is 6.33 Å². The Labute approximate surface area is 107 Å². The molecule has 0 spiro atoms. The van der Waals surface area contributed by atoms with Crippen LogP contribution in [-0.4, -0.2) is 27.6 Å². The summed E-state index contributed by atoms with van der Waals surface area (Å²) in [5.41, 5.74) is 7.17. The Morgan fingerprint density at radius 3 is 3.11 bits per heavy atom. The van der Waals surface area contributed by atoms with E-state index < -0.39 is 5.97 Å². The van der Waals surface area contributed by atoms with Gasteiger partial charge in [0.2, 0.25) is 0 Å². The molecule has 0 radical (unpaired) electrons. The predicted octanol–water partition coefficient (Wildman–Crippen LogP) is 1.19. The second-order valence-electron chi connectivity index (χ2n) is 4.06. The van der Waals surface area contributed by atoms with Gasteiger partial charge in [0, 0.05) is 4.88 Å². The Balaban J connectivity index is 2.01. The summed E-state index contributed by atoms with van der Waals surface area (Å²) in [6.07, 6.45) is 4.77. The number of carbonyl (C=O) groups excluding carboxylic acids is 1. The number of methoxy groups -OCH3 is 1. The minimum absolute atomic E-state index is 0.132. The lowest BCUT2D eigenvalue weighted by Crippen LogP contribution is -2.07. The first-order valence-electron chi connectivity index (χ1n) is 5.60. The molecule has 0 fully saturated rings. The molecule has 1 aliphatic carbocycles. The monoisotopic (exact) mass is 264 g/mol. The van der Waals surface area contributed by atoms with E-state index in [1.54, 1.807) is 15.9 Å². The smallest absolute Gasteiger partial charge is 0.360 e. The fraction of sp³-hybridized carbons (Fsp3) is 0.364. The van der Waals surface area contributed by atoms with Gasteiger partial charge < -0.3 is 10.5 Å². The van der Waals surface area contributed by atoms with Gasteiger partial charge in [-0.3, -0.25) is 4.57 Å². The van der Waals surface area contributed by atoms with Crippen LogP contribution >= 0.6 is 11.3 Å². The molecule has 0 atom stereocenters. The molecule has 94 valence electrons. The van der Waals surface area contributed by atoms with Crippen LogP contribution in [0.5, 0.6) is 0 Å². The molecule has 0 amide bonds. The number of esters is 1. The SMILES string of the molecule is COC(=O)c1ncn(-c2nc3c(s2)CCC3)c1N. The van der Waals surface area contributed by atoms with Crippen LogP contribution < -0.4 is 5.73 Å². The molecule has 0 aromatic carbocycles. The Bertz CT molecular complexity index is 595. The molecule has 2 aromatic heterocycles. The third-order valence-corrected chi connectivity index (χ3v) is 4.13. The summed E-state index contributed by atoms with van der Waals surface area (Å²) in [6, 6.07) is 0. The van der Waals surface area contributed by atoms with Gasteiger partial charge in [0.05, 0.1) is 12.8 Å². The normalized spacial score (nSPS) is 13.6.